The Morgan fingerprint density at radius 2 is 1.90 bits per heavy atom. The van der Waals surface area contributed by atoms with Crippen molar-refractivity contribution in [2.45, 2.75) is 19.4 Å². The lowest BCUT2D eigenvalue weighted by Crippen LogP contribution is -2.38. The normalized spacial score (nSPS) is 11.7. The third-order valence-electron chi connectivity index (χ3n) is 2.60. The van der Waals surface area contributed by atoms with Crippen LogP contribution in [0.15, 0.2) is 24.3 Å². The van der Waals surface area contributed by atoms with E-state index in [-0.39, 0.29) is 0 Å². The first kappa shape index (κ1) is 16.0. The summed E-state index contributed by atoms with van der Waals surface area (Å²) >= 11 is 0. The highest BCUT2D eigenvalue weighted by Gasteiger charge is 2.14. The Morgan fingerprint density at radius 1 is 1.25 bits per heavy atom. The molecular formula is C14H19NO5. The summed E-state index contributed by atoms with van der Waals surface area (Å²) in [6.07, 6.45) is 0.787. The number of nitrogens with one attached hydrogen (secondary N) is 1. The Kier molecular flexibility index (Phi) is 6.52. The van der Waals surface area contributed by atoms with Gasteiger partial charge in [0.2, 0.25) is 0 Å². The number of carboxylic acids is 1. The minimum Gasteiger partial charge on any atom is -0.494 e. The molecule has 110 valence electrons. The number of ether oxygens (including phenoxy) is 2. The molecule has 1 aromatic carbocycles. The molecule has 1 rings (SSSR count). The van der Waals surface area contributed by atoms with Crippen LogP contribution in [0.25, 0.3) is 0 Å². The summed E-state index contributed by atoms with van der Waals surface area (Å²) in [5.74, 6) is -0.841. The van der Waals surface area contributed by atoms with Gasteiger partial charge in [0.15, 0.2) is 0 Å². The molecule has 6 heteroatoms. The van der Waals surface area contributed by atoms with Gasteiger partial charge in [0.05, 0.1) is 6.61 Å². The van der Waals surface area contributed by atoms with Crippen LogP contribution in [0.1, 0.15) is 23.7 Å². The van der Waals surface area contributed by atoms with E-state index in [2.05, 4.69) is 5.32 Å². The van der Waals surface area contributed by atoms with Crippen LogP contribution in [0.4, 0.5) is 0 Å². The minimum absolute atomic E-state index is 0.391. The maximum Gasteiger partial charge on any atom is 0.325 e. The number of hydrogen-bond donors (Lipinski definition) is 2. The molecule has 20 heavy (non-hydrogen) atoms. The predicted molar refractivity (Wildman–Crippen MR) is 73.0 cm³/mol. The van der Waals surface area contributed by atoms with Crippen molar-refractivity contribution in [1.29, 1.82) is 0 Å². The molecule has 1 aromatic rings. The number of hydrogen-bond acceptors (Lipinski definition) is 4. The molecule has 0 aliphatic heterocycles. The van der Waals surface area contributed by atoms with Crippen LogP contribution >= 0.6 is 0 Å². The SMILES string of the molecule is COCCCOc1ccc(C(=O)NC(C)C(=O)O)cc1. The molecule has 0 aromatic heterocycles. The van der Waals surface area contributed by atoms with Gasteiger partial charge < -0.3 is 19.9 Å². The summed E-state index contributed by atoms with van der Waals surface area (Å²) in [5.41, 5.74) is 0.391. The van der Waals surface area contributed by atoms with Crippen molar-refractivity contribution in [3.8, 4) is 5.75 Å². The molecule has 6 nitrogen and oxygen atoms in total. The van der Waals surface area contributed by atoms with E-state index >= 15 is 0 Å². The zero-order chi connectivity index (χ0) is 15.0. The van der Waals surface area contributed by atoms with E-state index in [0.717, 1.165) is 6.42 Å². The van der Waals surface area contributed by atoms with E-state index in [4.69, 9.17) is 14.6 Å². The number of carboxylic acid groups (broad SMARTS) is 1. The third kappa shape index (κ3) is 5.27. The molecule has 1 atom stereocenters. The number of rotatable bonds is 8. The summed E-state index contributed by atoms with van der Waals surface area (Å²) in [6.45, 7) is 2.58. The monoisotopic (exact) mass is 281 g/mol. The minimum atomic E-state index is -1.07. The topological polar surface area (TPSA) is 84.9 Å². The van der Waals surface area contributed by atoms with Crippen LogP contribution < -0.4 is 10.1 Å². The molecule has 0 aliphatic carbocycles. The van der Waals surface area contributed by atoms with Gasteiger partial charge in [-0.1, -0.05) is 0 Å². The average Bonchev–Trinajstić information content (AvgIpc) is 2.44. The van der Waals surface area contributed by atoms with Gasteiger partial charge in [0, 0.05) is 25.7 Å². The van der Waals surface area contributed by atoms with Gasteiger partial charge >= 0.3 is 5.97 Å². The zero-order valence-electron chi connectivity index (χ0n) is 11.6. The highest BCUT2D eigenvalue weighted by atomic mass is 16.5. The second-order valence-corrected chi connectivity index (χ2v) is 4.25. The van der Waals surface area contributed by atoms with Crippen molar-refractivity contribution in [2.75, 3.05) is 20.3 Å². The number of carbonyl (C=O) groups is 2. The van der Waals surface area contributed by atoms with Gasteiger partial charge in [-0.2, -0.15) is 0 Å². The molecule has 0 heterocycles. The maximum atomic E-state index is 11.7. The molecule has 0 radical (unpaired) electrons. The van der Waals surface area contributed by atoms with Crippen molar-refractivity contribution in [3.05, 3.63) is 29.8 Å². The summed E-state index contributed by atoms with van der Waals surface area (Å²) < 4.78 is 10.4. The smallest absolute Gasteiger partial charge is 0.325 e. The number of methoxy groups -OCH3 is 1. The fraction of sp³-hybridized carbons (Fsp3) is 0.429. The van der Waals surface area contributed by atoms with Gasteiger partial charge in [-0.15, -0.1) is 0 Å². The molecule has 0 aliphatic rings. The van der Waals surface area contributed by atoms with Crippen molar-refractivity contribution < 1.29 is 24.2 Å². The average molecular weight is 281 g/mol. The molecule has 0 fully saturated rings. The quantitative estimate of drug-likeness (QED) is 0.702. The van der Waals surface area contributed by atoms with Crippen molar-refractivity contribution >= 4 is 11.9 Å². The van der Waals surface area contributed by atoms with Crippen LogP contribution in [-0.2, 0) is 9.53 Å². The number of amides is 1. The highest BCUT2D eigenvalue weighted by molar-refractivity contribution is 5.96. The Balaban J connectivity index is 2.49. The summed E-state index contributed by atoms with van der Waals surface area (Å²) in [4.78, 5) is 22.4. The number of carbonyl (C=O) groups excluding carboxylic acids is 1. The van der Waals surface area contributed by atoms with E-state index in [1.54, 1.807) is 31.4 Å². The van der Waals surface area contributed by atoms with E-state index in [9.17, 15) is 9.59 Å². The Hall–Kier alpha value is -2.08. The van der Waals surface area contributed by atoms with E-state index in [1.807, 2.05) is 0 Å². The standard InChI is InChI=1S/C14H19NO5/c1-10(14(17)18)15-13(16)11-4-6-12(7-5-11)20-9-3-8-19-2/h4-7,10H,3,8-9H2,1-2H3,(H,15,16)(H,17,18). The highest BCUT2D eigenvalue weighted by Crippen LogP contribution is 2.12. The van der Waals surface area contributed by atoms with E-state index in [0.29, 0.717) is 24.5 Å². The summed E-state index contributed by atoms with van der Waals surface area (Å²) in [7, 11) is 1.63. The van der Waals surface area contributed by atoms with Gasteiger partial charge in [0.1, 0.15) is 11.8 Å². The summed E-state index contributed by atoms with van der Waals surface area (Å²) in [5, 5.41) is 11.1. The molecule has 1 amide bonds. The molecular weight excluding hydrogens is 262 g/mol. The van der Waals surface area contributed by atoms with E-state index < -0.39 is 17.9 Å². The molecule has 0 spiro atoms. The lowest BCUT2D eigenvalue weighted by atomic mass is 10.2. The largest absolute Gasteiger partial charge is 0.494 e. The lowest BCUT2D eigenvalue weighted by Gasteiger charge is -2.10. The van der Waals surface area contributed by atoms with Crippen LogP contribution in [0.3, 0.4) is 0 Å². The molecule has 2 N–H and O–H groups in total. The Labute approximate surface area is 117 Å². The van der Waals surface area contributed by atoms with Gasteiger partial charge in [-0.3, -0.25) is 9.59 Å². The number of aliphatic carboxylic acids is 1. The predicted octanol–water partition coefficient (Wildman–Crippen LogP) is 1.30. The van der Waals surface area contributed by atoms with Gasteiger partial charge in [-0.05, 0) is 31.2 Å². The summed E-state index contributed by atoms with van der Waals surface area (Å²) in [6, 6.07) is 5.61. The van der Waals surface area contributed by atoms with E-state index in [1.165, 1.54) is 6.92 Å². The third-order valence-corrected chi connectivity index (χ3v) is 2.60. The zero-order valence-corrected chi connectivity index (χ0v) is 11.6. The first-order valence-electron chi connectivity index (χ1n) is 6.30. The van der Waals surface area contributed by atoms with Crippen LogP contribution in [0.5, 0.6) is 5.75 Å². The Morgan fingerprint density at radius 3 is 2.45 bits per heavy atom. The second kappa shape index (κ2) is 8.16. The van der Waals surface area contributed by atoms with Gasteiger partial charge in [0.25, 0.3) is 5.91 Å². The maximum absolute atomic E-state index is 11.7. The van der Waals surface area contributed by atoms with Crippen molar-refractivity contribution in [1.82, 2.24) is 5.32 Å². The van der Waals surface area contributed by atoms with Gasteiger partial charge in [-0.25, -0.2) is 0 Å². The first-order valence-corrected chi connectivity index (χ1v) is 6.30. The molecule has 0 saturated heterocycles. The van der Waals surface area contributed by atoms with Crippen molar-refractivity contribution in [2.24, 2.45) is 0 Å². The van der Waals surface area contributed by atoms with Crippen molar-refractivity contribution in [3.63, 3.8) is 0 Å². The molecule has 0 bridgehead atoms. The second-order valence-electron chi connectivity index (χ2n) is 4.25. The Bertz CT molecular complexity index is 443. The fourth-order valence-electron chi connectivity index (χ4n) is 1.44. The first-order chi connectivity index (χ1) is 9.54. The molecule has 1 unspecified atom stereocenters. The fourth-order valence-corrected chi connectivity index (χ4v) is 1.44. The van der Waals surface area contributed by atoms with Crippen LogP contribution in [0.2, 0.25) is 0 Å². The molecule has 0 saturated carbocycles. The lowest BCUT2D eigenvalue weighted by molar-refractivity contribution is -0.138. The number of benzene rings is 1. The van der Waals surface area contributed by atoms with Crippen LogP contribution in [0, 0.1) is 0 Å². The van der Waals surface area contributed by atoms with Crippen LogP contribution in [-0.4, -0.2) is 43.3 Å².